The smallest absolute Gasteiger partial charge is 0.260 e. The zero-order valence-electron chi connectivity index (χ0n) is 14.7. The molecule has 3 heterocycles. The van der Waals surface area contributed by atoms with Gasteiger partial charge < -0.3 is 18.9 Å². The highest BCUT2D eigenvalue weighted by molar-refractivity contribution is 5.96. The van der Waals surface area contributed by atoms with E-state index in [9.17, 15) is 4.79 Å². The van der Waals surface area contributed by atoms with Crippen molar-refractivity contribution in [2.75, 3.05) is 26.9 Å². The number of amides is 1. The lowest BCUT2D eigenvalue weighted by atomic mass is 10.1. The van der Waals surface area contributed by atoms with Crippen LogP contribution < -0.4 is 4.74 Å². The Bertz CT molecular complexity index is 928. The minimum absolute atomic E-state index is 0.209. The normalized spacial score (nSPS) is 16.9. The van der Waals surface area contributed by atoms with Gasteiger partial charge in [-0.05, 0) is 24.3 Å². The van der Waals surface area contributed by atoms with Crippen LogP contribution in [0, 0.1) is 0 Å². The number of carbonyl (C=O) groups is 1. The van der Waals surface area contributed by atoms with E-state index in [2.05, 4.69) is 15.1 Å². The number of nitrogens with zero attached hydrogens (tertiary/aromatic N) is 4. The second-order valence-corrected chi connectivity index (χ2v) is 5.97. The summed E-state index contributed by atoms with van der Waals surface area (Å²) in [6.45, 7) is 1.15. The zero-order chi connectivity index (χ0) is 18.6. The number of hydrogen-bond acceptors (Lipinski definition) is 7. The molecule has 1 saturated heterocycles. The number of benzene rings is 1. The van der Waals surface area contributed by atoms with Crippen molar-refractivity contribution in [1.29, 1.82) is 0 Å². The van der Waals surface area contributed by atoms with E-state index in [0.717, 1.165) is 5.56 Å². The summed E-state index contributed by atoms with van der Waals surface area (Å²) in [6, 6.07) is 12.4. The molecule has 4 rings (SSSR count). The summed E-state index contributed by atoms with van der Waals surface area (Å²) in [5.74, 6) is 0.887. The Balaban J connectivity index is 1.63. The van der Waals surface area contributed by atoms with Gasteiger partial charge in [0.2, 0.25) is 5.88 Å². The summed E-state index contributed by atoms with van der Waals surface area (Å²) < 4.78 is 16.2. The van der Waals surface area contributed by atoms with Crippen LogP contribution in [0.4, 0.5) is 0 Å². The molecular formula is C19H18N4O4. The minimum atomic E-state index is -0.447. The third-order valence-corrected chi connectivity index (χ3v) is 4.34. The molecule has 0 bridgehead atoms. The van der Waals surface area contributed by atoms with Gasteiger partial charge in [0.05, 0.1) is 20.3 Å². The lowest BCUT2D eigenvalue weighted by Gasteiger charge is -2.33. The van der Waals surface area contributed by atoms with Crippen LogP contribution in [0.15, 0.2) is 53.2 Å². The standard InChI is InChI=1S/C19H18N4O4/c1-25-18-14(8-5-9-20-18)19(24)23-10-11-26-12-15(23)16-21-17(27-22-16)13-6-3-2-4-7-13/h2-9,15H,10-12H2,1H3/t15-/m1/s1. The molecule has 0 N–H and O–H groups in total. The molecule has 0 spiro atoms. The third-order valence-electron chi connectivity index (χ3n) is 4.34. The van der Waals surface area contributed by atoms with E-state index >= 15 is 0 Å². The Morgan fingerprint density at radius 2 is 2.07 bits per heavy atom. The van der Waals surface area contributed by atoms with E-state index in [1.54, 1.807) is 23.2 Å². The molecule has 1 amide bonds. The molecule has 3 aromatic rings. The van der Waals surface area contributed by atoms with Gasteiger partial charge in [0, 0.05) is 18.3 Å². The molecule has 0 unspecified atom stereocenters. The Morgan fingerprint density at radius 3 is 2.89 bits per heavy atom. The lowest BCUT2D eigenvalue weighted by molar-refractivity contribution is -0.00594. The maximum atomic E-state index is 13.1. The summed E-state index contributed by atoms with van der Waals surface area (Å²) in [5, 5.41) is 4.08. The Hall–Kier alpha value is -3.26. The van der Waals surface area contributed by atoms with Crippen molar-refractivity contribution in [2.24, 2.45) is 0 Å². The van der Waals surface area contributed by atoms with Gasteiger partial charge in [-0.25, -0.2) is 4.98 Å². The average molecular weight is 366 g/mol. The summed E-state index contributed by atoms with van der Waals surface area (Å²) in [7, 11) is 1.49. The highest BCUT2D eigenvalue weighted by atomic mass is 16.5. The zero-order valence-corrected chi connectivity index (χ0v) is 14.7. The SMILES string of the molecule is COc1ncccc1C(=O)N1CCOC[C@@H]1c1noc(-c2ccccc2)n1. The van der Waals surface area contributed by atoms with Gasteiger partial charge in [-0.15, -0.1) is 0 Å². The highest BCUT2D eigenvalue weighted by Gasteiger charge is 2.34. The van der Waals surface area contributed by atoms with Crippen molar-refractivity contribution in [3.8, 4) is 17.3 Å². The van der Waals surface area contributed by atoms with Crippen molar-refractivity contribution in [3.05, 3.63) is 60.0 Å². The first-order chi connectivity index (χ1) is 13.3. The lowest BCUT2D eigenvalue weighted by Crippen LogP contribution is -2.44. The predicted octanol–water partition coefficient (Wildman–Crippen LogP) is 2.35. The number of methoxy groups -OCH3 is 1. The molecule has 0 saturated carbocycles. The predicted molar refractivity (Wildman–Crippen MR) is 95.1 cm³/mol. The van der Waals surface area contributed by atoms with Gasteiger partial charge in [-0.2, -0.15) is 4.98 Å². The molecular weight excluding hydrogens is 348 g/mol. The monoisotopic (exact) mass is 366 g/mol. The van der Waals surface area contributed by atoms with Gasteiger partial charge in [-0.3, -0.25) is 4.79 Å². The van der Waals surface area contributed by atoms with Crippen LogP contribution in [0.25, 0.3) is 11.5 Å². The topological polar surface area (TPSA) is 90.6 Å². The molecule has 0 aliphatic carbocycles. The number of carbonyl (C=O) groups excluding carboxylic acids is 1. The molecule has 0 radical (unpaired) electrons. The maximum Gasteiger partial charge on any atom is 0.260 e. The second-order valence-electron chi connectivity index (χ2n) is 5.97. The number of pyridine rings is 1. The fourth-order valence-corrected chi connectivity index (χ4v) is 3.00. The molecule has 8 nitrogen and oxygen atoms in total. The molecule has 8 heteroatoms. The third kappa shape index (κ3) is 3.39. The summed E-state index contributed by atoms with van der Waals surface area (Å²) in [4.78, 5) is 23.4. The van der Waals surface area contributed by atoms with Crippen LogP contribution in [0.2, 0.25) is 0 Å². The van der Waals surface area contributed by atoms with Crippen LogP contribution in [-0.4, -0.2) is 52.8 Å². The first-order valence-electron chi connectivity index (χ1n) is 8.54. The molecule has 1 aliphatic heterocycles. The second kappa shape index (κ2) is 7.55. The molecule has 27 heavy (non-hydrogen) atoms. The van der Waals surface area contributed by atoms with Gasteiger partial charge in [0.15, 0.2) is 5.82 Å². The molecule has 1 aliphatic rings. The largest absolute Gasteiger partial charge is 0.480 e. The Morgan fingerprint density at radius 1 is 1.22 bits per heavy atom. The quantitative estimate of drug-likeness (QED) is 0.700. The van der Waals surface area contributed by atoms with Gasteiger partial charge in [0.1, 0.15) is 11.6 Å². The molecule has 1 atom stereocenters. The van der Waals surface area contributed by atoms with Crippen molar-refractivity contribution in [3.63, 3.8) is 0 Å². The summed E-state index contributed by atoms with van der Waals surface area (Å²) >= 11 is 0. The fourth-order valence-electron chi connectivity index (χ4n) is 3.00. The van der Waals surface area contributed by atoms with Crippen molar-refractivity contribution in [1.82, 2.24) is 20.0 Å². The first kappa shape index (κ1) is 17.2. The summed E-state index contributed by atoms with van der Waals surface area (Å²) in [5.41, 5.74) is 1.21. The van der Waals surface area contributed by atoms with Crippen LogP contribution in [-0.2, 0) is 4.74 Å². The van der Waals surface area contributed by atoms with E-state index in [-0.39, 0.29) is 11.8 Å². The van der Waals surface area contributed by atoms with Crippen LogP contribution in [0.5, 0.6) is 5.88 Å². The van der Waals surface area contributed by atoms with E-state index in [1.165, 1.54) is 7.11 Å². The number of hydrogen-bond donors (Lipinski definition) is 0. The molecule has 2 aromatic heterocycles. The highest BCUT2D eigenvalue weighted by Crippen LogP contribution is 2.28. The fraction of sp³-hybridized carbons (Fsp3) is 0.263. The molecule has 138 valence electrons. The average Bonchev–Trinajstić information content (AvgIpc) is 3.24. The van der Waals surface area contributed by atoms with Crippen molar-refractivity contribution >= 4 is 5.91 Å². The van der Waals surface area contributed by atoms with Gasteiger partial charge in [0.25, 0.3) is 11.8 Å². The first-order valence-corrected chi connectivity index (χ1v) is 8.54. The summed E-state index contributed by atoms with van der Waals surface area (Å²) in [6.07, 6.45) is 1.58. The Labute approximate surface area is 155 Å². The van der Waals surface area contributed by atoms with Crippen LogP contribution in [0.1, 0.15) is 22.2 Å². The number of ether oxygens (including phenoxy) is 2. The molecule has 1 fully saturated rings. The number of aromatic nitrogens is 3. The van der Waals surface area contributed by atoms with Crippen molar-refractivity contribution < 1.29 is 18.8 Å². The van der Waals surface area contributed by atoms with E-state index in [1.807, 2.05) is 30.3 Å². The maximum absolute atomic E-state index is 13.1. The van der Waals surface area contributed by atoms with E-state index < -0.39 is 6.04 Å². The van der Waals surface area contributed by atoms with Crippen molar-refractivity contribution in [2.45, 2.75) is 6.04 Å². The minimum Gasteiger partial charge on any atom is -0.480 e. The van der Waals surface area contributed by atoms with Gasteiger partial charge >= 0.3 is 0 Å². The van der Waals surface area contributed by atoms with E-state index in [0.29, 0.717) is 37.0 Å². The number of morpholine rings is 1. The molecule has 1 aromatic carbocycles. The van der Waals surface area contributed by atoms with Gasteiger partial charge in [-0.1, -0.05) is 23.4 Å². The van der Waals surface area contributed by atoms with Crippen LogP contribution in [0.3, 0.4) is 0 Å². The number of rotatable bonds is 4. The Kier molecular flexibility index (Phi) is 4.80. The van der Waals surface area contributed by atoms with E-state index in [4.69, 9.17) is 14.0 Å². The van der Waals surface area contributed by atoms with Crippen LogP contribution >= 0.6 is 0 Å².